The molecule has 1 atom stereocenters. The van der Waals surface area contributed by atoms with Gasteiger partial charge in [0, 0.05) is 37.1 Å². The number of thiophene rings is 1. The molecule has 2 aromatic rings. The first-order chi connectivity index (χ1) is 18.0. The highest BCUT2D eigenvalue weighted by Gasteiger charge is 2.37. The van der Waals surface area contributed by atoms with E-state index >= 15 is 0 Å². The number of morpholine rings is 1. The minimum atomic E-state index is -0.481. The predicted molar refractivity (Wildman–Crippen MR) is 145 cm³/mol. The van der Waals surface area contributed by atoms with Crippen LogP contribution in [0.5, 0.6) is 0 Å². The fourth-order valence-corrected chi connectivity index (χ4v) is 6.00. The molecule has 1 aromatic carbocycles. The van der Waals surface area contributed by atoms with Crippen molar-refractivity contribution in [3.63, 3.8) is 0 Å². The van der Waals surface area contributed by atoms with E-state index in [4.69, 9.17) is 16.3 Å². The van der Waals surface area contributed by atoms with E-state index in [-0.39, 0.29) is 30.9 Å². The maximum absolute atomic E-state index is 13.7. The van der Waals surface area contributed by atoms with Gasteiger partial charge in [-0.2, -0.15) is 0 Å². The lowest BCUT2D eigenvalue weighted by molar-refractivity contribution is -0.126. The van der Waals surface area contributed by atoms with Crippen molar-refractivity contribution in [3.8, 4) is 0 Å². The monoisotopic (exact) mass is 544 g/mol. The summed E-state index contributed by atoms with van der Waals surface area (Å²) in [6, 6.07) is 10.6. The second kappa shape index (κ2) is 11.9. The van der Waals surface area contributed by atoms with E-state index in [2.05, 4.69) is 15.5 Å². The lowest BCUT2D eigenvalue weighted by Crippen LogP contribution is -2.57. The number of carbonyl (C=O) groups is 3. The number of ether oxygens (including phenoxy) is 1. The van der Waals surface area contributed by atoms with Crippen LogP contribution in [-0.4, -0.2) is 67.6 Å². The molecule has 3 amide bonds. The van der Waals surface area contributed by atoms with Crippen LogP contribution in [0.1, 0.15) is 48.2 Å². The number of carbonyl (C=O) groups excluding carboxylic acids is 3. The normalized spacial score (nSPS) is 19.3. The molecule has 2 aliphatic carbocycles. The summed E-state index contributed by atoms with van der Waals surface area (Å²) in [5.41, 5.74) is 1.44. The summed E-state index contributed by atoms with van der Waals surface area (Å²) >= 11 is 7.24. The summed E-state index contributed by atoms with van der Waals surface area (Å²) < 4.78 is 5.77. The number of benzene rings is 1. The highest BCUT2D eigenvalue weighted by atomic mass is 35.5. The van der Waals surface area contributed by atoms with Crippen LogP contribution in [-0.2, 0) is 14.3 Å². The molecule has 1 saturated heterocycles. The van der Waals surface area contributed by atoms with Crippen LogP contribution in [0.25, 0.3) is 0 Å². The molecule has 1 aromatic heterocycles. The summed E-state index contributed by atoms with van der Waals surface area (Å²) in [7, 11) is 0. The van der Waals surface area contributed by atoms with E-state index in [0.717, 1.165) is 25.1 Å². The van der Waals surface area contributed by atoms with Gasteiger partial charge in [0.05, 0.1) is 15.8 Å². The van der Waals surface area contributed by atoms with E-state index in [0.29, 0.717) is 40.0 Å². The standard InChI is InChI=1S/C27H33ClN4O4S/c28-24-12-11-23(37-24)27(35)29-15-22(32(20-5-2-6-20)16-18-3-1-4-18)26(34)30-19-7-9-21(10-8-19)31-13-14-36-17-25(31)33/h7-12,18,20,22H,1-6,13-17H2,(H,29,35)(H,30,34)/t22-/m1/s1. The van der Waals surface area contributed by atoms with E-state index < -0.39 is 6.04 Å². The molecule has 0 radical (unpaired) electrons. The summed E-state index contributed by atoms with van der Waals surface area (Å²) in [6.45, 7) is 2.21. The van der Waals surface area contributed by atoms with Gasteiger partial charge in [-0.3, -0.25) is 19.3 Å². The van der Waals surface area contributed by atoms with E-state index in [1.807, 2.05) is 24.3 Å². The van der Waals surface area contributed by atoms with Crippen molar-refractivity contribution in [1.29, 1.82) is 0 Å². The number of hydrogen-bond acceptors (Lipinski definition) is 6. The zero-order chi connectivity index (χ0) is 25.8. The maximum atomic E-state index is 13.7. The number of nitrogens with one attached hydrogen (secondary N) is 2. The Kier molecular flexibility index (Phi) is 8.44. The zero-order valence-electron chi connectivity index (χ0n) is 20.8. The summed E-state index contributed by atoms with van der Waals surface area (Å²) in [5.74, 6) is 0.184. The molecule has 2 heterocycles. The Bertz CT molecular complexity index is 1120. The Labute approximate surface area is 226 Å². The number of rotatable bonds is 10. The Morgan fingerprint density at radius 3 is 2.46 bits per heavy atom. The Hall–Kier alpha value is -2.46. The smallest absolute Gasteiger partial charge is 0.261 e. The molecule has 1 aliphatic heterocycles. The highest BCUT2D eigenvalue weighted by molar-refractivity contribution is 7.18. The van der Waals surface area contributed by atoms with Crippen molar-refractivity contribution in [2.75, 3.05) is 43.1 Å². The van der Waals surface area contributed by atoms with Crippen LogP contribution >= 0.6 is 22.9 Å². The fourth-order valence-electron chi connectivity index (χ4n) is 5.04. The van der Waals surface area contributed by atoms with Gasteiger partial charge in [-0.25, -0.2) is 0 Å². The maximum Gasteiger partial charge on any atom is 0.261 e. The quantitative estimate of drug-likeness (QED) is 0.469. The Balaban J connectivity index is 1.29. The SMILES string of the molecule is O=C(NC[C@H](C(=O)Nc1ccc(N2CCOCC2=O)cc1)N(CC1CCC1)C1CCC1)c1ccc(Cl)s1. The first kappa shape index (κ1) is 26.2. The summed E-state index contributed by atoms with van der Waals surface area (Å²) in [5, 5.41) is 6.05. The van der Waals surface area contributed by atoms with Gasteiger partial charge in [-0.05, 0) is 68.0 Å². The molecule has 37 heavy (non-hydrogen) atoms. The average molecular weight is 545 g/mol. The second-order valence-corrected chi connectivity index (χ2v) is 11.8. The summed E-state index contributed by atoms with van der Waals surface area (Å²) in [4.78, 5) is 43.2. The van der Waals surface area contributed by atoms with E-state index in [1.54, 1.807) is 17.0 Å². The van der Waals surface area contributed by atoms with E-state index in [9.17, 15) is 14.4 Å². The van der Waals surface area contributed by atoms with Crippen LogP contribution in [0, 0.1) is 5.92 Å². The highest BCUT2D eigenvalue weighted by Crippen LogP contribution is 2.33. The molecule has 5 rings (SSSR count). The first-order valence-electron chi connectivity index (χ1n) is 13.1. The van der Waals surface area contributed by atoms with Crippen molar-refractivity contribution in [2.24, 2.45) is 5.92 Å². The predicted octanol–water partition coefficient (Wildman–Crippen LogP) is 4.16. The molecular formula is C27H33ClN4O4S. The molecule has 198 valence electrons. The van der Waals surface area contributed by atoms with Gasteiger partial charge in [0.25, 0.3) is 11.8 Å². The average Bonchev–Trinajstić information content (AvgIpc) is 3.27. The molecule has 0 unspecified atom stereocenters. The number of nitrogens with zero attached hydrogens (tertiary/aromatic N) is 2. The second-order valence-electron chi connectivity index (χ2n) is 10.0. The van der Waals surface area contributed by atoms with Gasteiger partial charge < -0.3 is 20.3 Å². The minimum absolute atomic E-state index is 0.0713. The van der Waals surface area contributed by atoms with Crippen molar-refractivity contribution in [1.82, 2.24) is 10.2 Å². The third-order valence-corrected chi connectivity index (χ3v) is 8.86. The largest absolute Gasteiger partial charge is 0.370 e. The summed E-state index contributed by atoms with van der Waals surface area (Å²) in [6.07, 6.45) is 6.95. The van der Waals surface area contributed by atoms with E-state index in [1.165, 1.54) is 37.0 Å². The van der Waals surface area contributed by atoms with Gasteiger partial charge in [-0.1, -0.05) is 24.4 Å². The van der Waals surface area contributed by atoms with Gasteiger partial charge >= 0.3 is 0 Å². The van der Waals surface area contributed by atoms with Gasteiger partial charge in [-0.15, -0.1) is 11.3 Å². The number of amides is 3. The van der Waals surface area contributed by atoms with Crippen molar-refractivity contribution in [2.45, 2.75) is 50.6 Å². The number of halogens is 1. The fraction of sp³-hybridized carbons (Fsp3) is 0.519. The van der Waals surface area contributed by atoms with Gasteiger partial charge in [0.2, 0.25) is 5.91 Å². The third-order valence-electron chi connectivity index (χ3n) is 7.63. The van der Waals surface area contributed by atoms with Crippen LogP contribution in [0.4, 0.5) is 11.4 Å². The molecule has 3 fully saturated rings. The Morgan fingerprint density at radius 1 is 1.11 bits per heavy atom. The molecule has 3 aliphatic rings. The molecule has 8 nitrogen and oxygen atoms in total. The molecular weight excluding hydrogens is 512 g/mol. The van der Waals surface area contributed by atoms with Crippen molar-refractivity contribution >= 4 is 52.0 Å². The van der Waals surface area contributed by atoms with Crippen LogP contribution in [0.2, 0.25) is 4.34 Å². The molecule has 2 N–H and O–H groups in total. The first-order valence-corrected chi connectivity index (χ1v) is 14.3. The Morgan fingerprint density at radius 2 is 1.86 bits per heavy atom. The minimum Gasteiger partial charge on any atom is -0.370 e. The van der Waals surface area contributed by atoms with Crippen molar-refractivity contribution in [3.05, 3.63) is 45.6 Å². The van der Waals surface area contributed by atoms with Crippen molar-refractivity contribution < 1.29 is 19.1 Å². The van der Waals surface area contributed by atoms with Crippen LogP contribution in [0.3, 0.4) is 0 Å². The lowest BCUT2D eigenvalue weighted by Gasteiger charge is -2.45. The van der Waals surface area contributed by atoms with Gasteiger partial charge in [0.15, 0.2) is 0 Å². The van der Waals surface area contributed by atoms with Gasteiger partial charge in [0.1, 0.15) is 12.6 Å². The molecule has 2 saturated carbocycles. The number of anilines is 2. The molecule has 0 spiro atoms. The number of hydrogen-bond donors (Lipinski definition) is 2. The van der Waals surface area contributed by atoms with Crippen LogP contribution < -0.4 is 15.5 Å². The topological polar surface area (TPSA) is 91.0 Å². The zero-order valence-corrected chi connectivity index (χ0v) is 22.4. The molecule has 0 bridgehead atoms. The molecule has 10 heteroatoms. The lowest BCUT2D eigenvalue weighted by atomic mass is 9.82. The van der Waals surface area contributed by atoms with Crippen LogP contribution in [0.15, 0.2) is 36.4 Å². The third kappa shape index (κ3) is 6.34.